The predicted octanol–water partition coefficient (Wildman–Crippen LogP) is 6.28. The van der Waals surface area contributed by atoms with Crippen LogP contribution in [0.4, 0.5) is 22.4 Å². The zero-order valence-electron chi connectivity index (χ0n) is 27.1. The van der Waals surface area contributed by atoms with Crippen molar-refractivity contribution in [2.75, 3.05) is 17.2 Å². The lowest BCUT2D eigenvalue weighted by Gasteiger charge is -2.09. The summed E-state index contributed by atoms with van der Waals surface area (Å²) in [5, 5.41) is 23.4. The minimum atomic E-state index is -0.183. The van der Waals surface area contributed by atoms with Gasteiger partial charge in [-0.2, -0.15) is 19.9 Å². The fourth-order valence-electron chi connectivity index (χ4n) is 5.96. The third-order valence-corrected chi connectivity index (χ3v) is 8.39. The molecule has 12 heteroatoms. The second-order valence-corrected chi connectivity index (χ2v) is 11.8. The molecule has 4 aromatic heterocycles. The molecule has 1 saturated carbocycles. The Labute approximate surface area is 279 Å². The number of furan rings is 1. The van der Waals surface area contributed by atoms with Gasteiger partial charge in [-0.25, -0.2) is 9.78 Å². The molecule has 0 radical (unpaired) electrons. The first kappa shape index (κ1) is 32.1. The van der Waals surface area contributed by atoms with Crippen molar-refractivity contribution in [1.29, 1.82) is 5.26 Å². The minimum Gasteiger partial charge on any atom is -0.467 e. The molecule has 1 fully saturated rings. The van der Waals surface area contributed by atoms with E-state index in [1.165, 1.54) is 6.20 Å². The molecule has 3 N–H and O–H groups in total. The van der Waals surface area contributed by atoms with E-state index in [1.807, 2.05) is 67.8 Å². The van der Waals surface area contributed by atoms with Gasteiger partial charge in [-0.05, 0) is 43.0 Å². The maximum atomic E-state index is 13.9. The number of hydrogen-bond donors (Lipinski definition) is 3. The summed E-state index contributed by atoms with van der Waals surface area (Å²) >= 11 is 0. The summed E-state index contributed by atoms with van der Waals surface area (Å²) in [6, 6.07) is 19.4. The van der Waals surface area contributed by atoms with Crippen LogP contribution in [0.15, 0.2) is 90.1 Å². The Hall–Kier alpha value is -5.83. The number of anilines is 2. The fraction of sp³-hybridized carbons (Fsp3) is 0.306. The zero-order valence-corrected chi connectivity index (χ0v) is 27.1. The lowest BCUT2D eigenvalue weighted by molar-refractivity contribution is -0.337. The first-order valence-corrected chi connectivity index (χ1v) is 16.2. The van der Waals surface area contributed by atoms with Crippen molar-refractivity contribution in [3.05, 3.63) is 103 Å². The molecule has 1 aliphatic carbocycles. The van der Waals surface area contributed by atoms with Gasteiger partial charge < -0.3 is 15.1 Å². The van der Waals surface area contributed by atoms with Crippen molar-refractivity contribution in [2.24, 2.45) is 18.9 Å². The molecule has 48 heavy (non-hydrogen) atoms. The van der Waals surface area contributed by atoms with Gasteiger partial charge in [0.2, 0.25) is 5.95 Å². The number of benzene rings is 1. The number of rotatable bonds is 14. The quantitative estimate of drug-likeness (QED) is 0.0938. The zero-order chi connectivity index (χ0) is 33.3. The molecule has 244 valence electrons. The summed E-state index contributed by atoms with van der Waals surface area (Å²) in [6.07, 6.45) is 12.4. The largest absolute Gasteiger partial charge is 0.467 e. The summed E-state index contributed by atoms with van der Waals surface area (Å²) in [5.74, 6) is 2.78. The van der Waals surface area contributed by atoms with E-state index in [0.717, 1.165) is 53.8 Å². The van der Waals surface area contributed by atoms with Gasteiger partial charge in [0.05, 0.1) is 37.5 Å². The Morgan fingerprint density at radius 3 is 2.54 bits per heavy atom. The Balaban J connectivity index is 1.16. The van der Waals surface area contributed by atoms with Crippen molar-refractivity contribution >= 4 is 29.3 Å². The SMILES string of the molecule is CCCC1/C(=[N+](/C(=O)NCc2ccccc2)c2ccc(-c3cnn(C)c3)cn2)C1CCCNc1ncc(C#N)c(NCc2ccco2)n1. The summed E-state index contributed by atoms with van der Waals surface area (Å²) in [7, 11) is 1.88. The van der Waals surface area contributed by atoms with Crippen LogP contribution in [-0.2, 0) is 20.1 Å². The van der Waals surface area contributed by atoms with Crippen molar-refractivity contribution in [3.8, 4) is 17.2 Å². The minimum absolute atomic E-state index is 0.183. The Kier molecular flexibility index (Phi) is 10.2. The first-order chi connectivity index (χ1) is 23.5. The van der Waals surface area contributed by atoms with Crippen molar-refractivity contribution in [3.63, 3.8) is 0 Å². The van der Waals surface area contributed by atoms with E-state index in [0.29, 0.717) is 48.7 Å². The molecule has 0 spiro atoms. The van der Waals surface area contributed by atoms with Gasteiger partial charge in [0.15, 0.2) is 0 Å². The molecule has 4 heterocycles. The number of aromatic nitrogens is 5. The van der Waals surface area contributed by atoms with Crippen LogP contribution >= 0.6 is 0 Å². The third-order valence-electron chi connectivity index (χ3n) is 8.39. The number of amides is 2. The Bertz CT molecular complexity index is 1890. The van der Waals surface area contributed by atoms with Crippen LogP contribution in [0.2, 0.25) is 0 Å². The summed E-state index contributed by atoms with van der Waals surface area (Å²) in [4.78, 5) is 27.5. The first-order valence-electron chi connectivity index (χ1n) is 16.2. The van der Waals surface area contributed by atoms with Crippen LogP contribution in [0, 0.1) is 23.2 Å². The highest BCUT2D eigenvalue weighted by atomic mass is 16.3. The predicted molar refractivity (Wildman–Crippen MR) is 182 cm³/mol. The Morgan fingerprint density at radius 2 is 1.83 bits per heavy atom. The van der Waals surface area contributed by atoms with Crippen LogP contribution in [-0.4, -0.2) is 47.6 Å². The van der Waals surface area contributed by atoms with E-state index in [9.17, 15) is 10.1 Å². The van der Waals surface area contributed by atoms with Gasteiger partial charge in [0, 0.05) is 48.8 Å². The summed E-state index contributed by atoms with van der Waals surface area (Å²) in [5.41, 5.74) is 4.40. The highest BCUT2D eigenvalue weighted by Crippen LogP contribution is 2.43. The van der Waals surface area contributed by atoms with E-state index in [1.54, 1.807) is 27.9 Å². The molecule has 2 atom stereocenters. The molecule has 5 aromatic rings. The average Bonchev–Trinajstić information content (AvgIpc) is 3.43. The van der Waals surface area contributed by atoms with Gasteiger partial charge in [-0.3, -0.25) is 10.00 Å². The standard InChI is InChI=1S/C36H38N10O2/c1-3-9-30-31(13-7-16-38-35-41-21-27(18-37)34(44-35)40-23-29-12-8-17-48-29)33(30)46(36(47)42-19-25-10-5-4-6-11-25)32-15-14-26(20-39-32)28-22-43-45(2)24-28/h4-6,8,10-12,14-15,17,20-22,24,30-31H,3,7,9,13,16,19,23H2,1-2H3,(H2-,38,40,41,42,44,47)/p+1/b46-33-. The van der Waals surface area contributed by atoms with Crippen LogP contribution in [0.1, 0.15) is 49.5 Å². The monoisotopic (exact) mass is 643 g/mol. The number of carbonyl (C=O) groups excluding carboxylic acids is 1. The molecule has 6 rings (SSSR count). The average molecular weight is 644 g/mol. The van der Waals surface area contributed by atoms with Gasteiger partial charge in [0.1, 0.15) is 29.4 Å². The third kappa shape index (κ3) is 7.75. The molecule has 0 bridgehead atoms. The van der Waals surface area contributed by atoms with Crippen LogP contribution in [0.5, 0.6) is 0 Å². The van der Waals surface area contributed by atoms with Crippen molar-refractivity contribution in [1.82, 2.24) is 30.0 Å². The molecule has 2 unspecified atom stereocenters. The number of carbonyl (C=O) groups is 1. The smallest absolute Gasteiger partial charge is 0.441 e. The van der Waals surface area contributed by atoms with E-state index < -0.39 is 0 Å². The number of nitrogens with one attached hydrogen (secondary N) is 3. The van der Waals surface area contributed by atoms with Gasteiger partial charge in [-0.15, -0.1) is 4.98 Å². The lowest BCUT2D eigenvalue weighted by atomic mass is 10.1. The maximum Gasteiger partial charge on any atom is 0.441 e. The number of aryl methyl sites for hydroxylation is 1. The maximum absolute atomic E-state index is 13.9. The number of urea groups is 1. The molecule has 2 amide bonds. The van der Waals surface area contributed by atoms with E-state index >= 15 is 0 Å². The highest BCUT2D eigenvalue weighted by molar-refractivity contribution is 6.03. The number of pyridine rings is 1. The molecule has 0 aliphatic heterocycles. The molecule has 12 nitrogen and oxygen atoms in total. The lowest BCUT2D eigenvalue weighted by Crippen LogP contribution is -2.32. The normalized spacial score (nSPS) is 16.2. The summed E-state index contributed by atoms with van der Waals surface area (Å²) in [6.45, 7) is 3.65. The number of hydrogen-bond acceptors (Lipinski definition) is 9. The van der Waals surface area contributed by atoms with Crippen molar-refractivity contribution in [2.45, 2.75) is 45.7 Å². The fourth-order valence-corrected chi connectivity index (χ4v) is 5.96. The molecule has 0 saturated heterocycles. The molecular weight excluding hydrogens is 604 g/mol. The summed E-state index contributed by atoms with van der Waals surface area (Å²) < 4.78 is 8.92. The number of nitriles is 1. The van der Waals surface area contributed by atoms with E-state index in [2.05, 4.69) is 44.0 Å². The van der Waals surface area contributed by atoms with Gasteiger partial charge in [0.25, 0.3) is 5.82 Å². The molecule has 1 aromatic carbocycles. The highest BCUT2D eigenvalue weighted by Gasteiger charge is 2.50. The van der Waals surface area contributed by atoms with Gasteiger partial charge >= 0.3 is 6.03 Å². The molecular formula is C36H39N10O2+. The topological polar surface area (TPSA) is 150 Å². The van der Waals surface area contributed by atoms with Crippen molar-refractivity contribution < 1.29 is 13.8 Å². The molecule has 1 aliphatic rings. The van der Waals surface area contributed by atoms with Crippen LogP contribution < -0.4 is 16.0 Å². The number of nitrogens with zero attached hydrogens (tertiary/aromatic N) is 7. The second-order valence-electron chi connectivity index (χ2n) is 11.8. The van der Waals surface area contributed by atoms with Gasteiger partial charge in [-0.1, -0.05) is 43.7 Å². The van der Waals surface area contributed by atoms with E-state index in [4.69, 9.17) is 9.40 Å². The van der Waals surface area contributed by atoms with Crippen LogP contribution in [0.25, 0.3) is 11.1 Å². The van der Waals surface area contributed by atoms with Crippen LogP contribution in [0.3, 0.4) is 0 Å². The Morgan fingerprint density at radius 1 is 0.979 bits per heavy atom. The van der Waals surface area contributed by atoms with E-state index in [-0.39, 0.29) is 11.9 Å². The second kappa shape index (κ2) is 15.2.